The lowest BCUT2D eigenvalue weighted by Gasteiger charge is -2.24. The third kappa shape index (κ3) is 4.58. The van der Waals surface area contributed by atoms with Crippen LogP contribution < -0.4 is 0 Å². The van der Waals surface area contributed by atoms with E-state index in [1.807, 2.05) is 43.3 Å². The number of carbonyl (C=O) groups excluding carboxylic acids is 1. The Balaban J connectivity index is 2.01. The number of benzene rings is 1. The lowest BCUT2D eigenvalue weighted by Crippen LogP contribution is -2.31. The van der Waals surface area contributed by atoms with Crippen LogP contribution >= 0.6 is 46.4 Å². The van der Waals surface area contributed by atoms with Gasteiger partial charge in [0.25, 0.3) is 5.91 Å². The number of carbonyl (C=O) groups is 1. The zero-order valence-electron chi connectivity index (χ0n) is 14.8. The minimum absolute atomic E-state index is 0.00361. The maximum atomic E-state index is 13.3. The molecule has 0 aliphatic carbocycles. The van der Waals surface area contributed by atoms with Gasteiger partial charge in [0.15, 0.2) is 0 Å². The molecule has 1 amide bonds. The summed E-state index contributed by atoms with van der Waals surface area (Å²) in [6.45, 7) is 2.66. The molecule has 0 N–H and O–H groups in total. The van der Waals surface area contributed by atoms with Crippen LogP contribution in [0.5, 0.6) is 0 Å². The van der Waals surface area contributed by atoms with Crippen LogP contribution in [0.1, 0.15) is 27.2 Å². The summed E-state index contributed by atoms with van der Waals surface area (Å²) in [4.78, 5) is 23.1. The number of aromatic nitrogens is 2. The van der Waals surface area contributed by atoms with Crippen molar-refractivity contribution in [3.05, 3.63) is 91.4 Å². The Labute approximate surface area is 183 Å². The van der Waals surface area contributed by atoms with Crippen LogP contribution in [0.2, 0.25) is 20.2 Å². The first-order chi connectivity index (χ1) is 13.4. The molecule has 0 saturated heterocycles. The molecule has 3 rings (SSSR count). The number of hydrogen-bond acceptors (Lipinski definition) is 3. The quantitative estimate of drug-likeness (QED) is 0.428. The molecule has 1 aromatic carbocycles. The zero-order valence-corrected chi connectivity index (χ0v) is 17.8. The van der Waals surface area contributed by atoms with Crippen LogP contribution in [0, 0.1) is 6.92 Å². The van der Waals surface area contributed by atoms with Crippen LogP contribution in [0.3, 0.4) is 0 Å². The Morgan fingerprint density at radius 1 is 0.964 bits per heavy atom. The van der Waals surface area contributed by atoms with Crippen LogP contribution in [-0.4, -0.2) is 20.8 Å². The van der Waals surface area contributed by atoms with Gasteiger partial charge in [0.05, 0.1) is 15.1 Å². The molecule has 2 heterocycles. The summed E-state index contributed by atoms with van der Waals surface area (Å²) in [6.07, 6.45) is 3.38. The van der Waals surface area contributed by atoms with Crippen LogP contribution in [0.15, 0.2) is 48.8 Å². The number of rotatable bonds is 5. The van der Waals surface area contributed by atoms with Crippen molar-refractivity contribution in [2.75, 3.05) is 0 Å². The number of aryl methyl sites for hydroxylation is 1. The minimum atomic E-state index is -0.405. The van der Waals surface area contributed by atoms with Gasteiger partial charge in [-0.05, 0) is 29.7 Å². The van der Waals surface area contributed by atoms with Gasteiger partial charge in [-0.2, -0.15) is 0 Å². The van der Waals surface area contributed by atoms with E-state index in [-0.39, 0.29) is 25.9 Å². The highest BCUT2D eigenvalue weighted by molar-refractivity contribution is 6.52. The Hall–Kier alpha value is -1.85. The molecule has 4 nitrogen and oxygen atoms in total. The van der Waals surface area contributed by atoms with E-state index in [9.17, 15) is 4.79 Å². The van der Waals surface area contributed by atoms with E-state index in [4.69, 9.17) is 46.4 Å². The molecule has 0 saturated carbocycles. The van der Waals surface area contributed by atoms with Gasteiger partial charge in [0.1, 0.15) is 10.8 Å². The third-order valence-electron chi connectivity index (χ3n) is 4.19. The highest BCUT2D eigenvalue weighted by atomic mass is 35.5. The fraction of sp³-hybridized carbons (Fsp3) is 0.150. The smallest absolute Gasteiger partial charge is 0.274 e. The topological polar surface area (TPSA) is 46.1 Å². The van der Waals surface area contributed by atoms with Crippen molar-refractivity contribution in [2.45, 2.75) is 20.0 Å². The van der Waals surface area contributed by atoms with Crippen molar-refractivity contribution in [3.63, 3.8) is 0 Å². The second-order valence-corrected chi connectivity index (χ2v) is 7.63. The van der Waals surface area contributed by atoms with E-state index < -0.39 is 5.91 Å². The lowest BCUT2D eigenvalue weighted by molar-refractivity contribution is 0.0724. The second kappa shape index (κ2) is 9.10. The summed E-state index contributed by atoms with van der Waals surface area (Å²) in [5, 5.41) is -0.0785. The molecular formula is C20H15Cl4N3O. The van der Waals surface area contributed by atoms with E-state index in [2.05, 4.69) is 9.97 Å². The molecule has 0 spiro atoms. The molecule has 0 unspecified atom stereocenters. The third-order valence-corrected chi connectivity index (χ3v) is 5.87. The largest absolute Gasteiger partial charge is 0.329 e. The fourth-order valence-electron chi connectivity index (χ4n) is 2.68. The Morgan fingerprint density at radius 2 is 1.71 bits per heavy atom. The van der Waals surface area contributed by atoms with Crippen molar-refractivity contribution in [2.24, 2.45) is 0 Å². The Morgan fingerprint density at radius 3 is 2.39 bits per heavy atom. The highest BCUT2D eigenvalue weighted by Crippen LogP contribution is 2.36. The van der Waals surface area contributed by atoms with E-state index in [0.29, 0.717) is 13.1 Å². The Kier molecular flexibility index (Phi) is 6.78. The molecule has 8 heteroatoms. The van der Waals surface area contributed by atoms with Crippen molar-refractivity contribution < 1.29 is 4.79 Å². The minimum Gasteiger partial charge on any atom is -0.329 e. The predicted molar refractivity (Wildman–Crippen MR) is 113 cm³/mol. The maximum Gasteiger partial charge on any atom is 0.274 e. The second-order valence-electron chi connectivity index (χ2n) is 6.14. The maximum absolute atomic E-state index is 13.3. The predicted octanol–water partition coefficient (Wildman–Crippen LogP) is 6.24. The molecule has 0 radical (unpaired) electrons. The van der Waals surface area contributed by atoms with E-state index in [0.717, 1.165) is 16.7 Å². The molecule has 28 heavy (non-hydrogen) atoms. The molecule has 0 fully saturated rings. The summed E-state index contributed by atoms with van der Waals surface area (Å²) < 4.78 is 0. The fourth-order valence-corrected chi connectivity index (χ4v) is 3.49. The van der Waals surface area contributed by atoms with E-state index in [1.54, 1.807) is 17.3 Å². The van der Waals surface area contributed by atoms with Gasteiger partial charge in [-0.1, -0.05) is 76.7 Å². The number of halogens is 4. The van der Waals surface area contributed by atoms with Crippen LogP contribution in [-0.2, 0) is 13.1 Å². The van der Waals surface area contributed by atoms with Gasteiger partial charge < -0.3 is 4.90 Å². The average molecular weight is 455 g/mol. The standard InChI is InChI=1S/C20H15Cl4N3O/c1-12-5-2-3-7-14(12)11-27(10-13-6-4-8-25-9-13)20(28)18-16(22)15(21)17(23)19(24)26-18/h2-9H,10-11H2,1H3. The van der Waals surface area contributed by atoms with E-state index >= 15 is 0 Å². The van der Waals surface area contributed by atoms with Gasteiger partial charge >= 0.3 is 0 Å². The first-order valence-corrected chi connectivity index (χ1v) is 9.82. The van der Waals surface area contributed by atoms with E-state index in [1.165, 1.54) is 0 Å². The first kappa shape index (κ1) is 20.9. The average Bonchev–Trinajstić information content (AvgIpc) is 2.70. The van der Waals surface area contributed by atoms with Crippen LogP contribution in [0.4, 0.5) is 0 Å². The SMILES string of the molecule is Cc1ccccc1CN(Cc1cccnc1)C(=O)c1nc(Cl)c(Cl)c(Cl)c1Cl. The molecule has 0 aliphatic rings. The summed E-state index contributed by atoms with van der Waals surface area (Å²) in [5.74, 6) is -0.405. The Bertz CT molecular complexity index is 1010. The lowest BCUT2D eigenvalue weighted by atomic mass is 10.1. The van der Waals surface area contributed by atoms with Crippen molar-refractivity contribution in [1.82, 2.24) is 14.9 Å². The van der Waals surface area contributed by atoms with Gasteiger partial charge in [-0.25, -0.2) is 4.98 Å². The van der Waals surface area contributed by atoms with Gasteiger partial charge in [0, 0.05) is 25.5 Å². The monoisotopic (exact) mass is 453 g/mol. The number of amides is 1. The van der Waals surface area contributed by atoms with Crippen LogP contribution in [0.25, 0.3) is 0 Å². The summed E-state index contributed by atoms with van der Waals surface area (Å²) in [6, 6.07) is 11.5. The van der Waals surface area contributed by atoms with Crippen molar-refractivity contribution >= 4 is 52.3 Å². The summed E-state index contributed by atoms with van der Waals surface area (Å²) in [7, 11) is 0. The molecule has 0 bridgehead atoms. The molecule has 0 aliphatic heterocycles. The van der Waals surface area contributed by atoms with Gasteiger partial charge in [0.2, 0.25) is 0 Å². The summed E-state index contributed by atoms with van der Waals surface area (Å²) >= 11 is 24.4. The number of hydrogen-bond donors (Lipinski definition) is 0. The zero-order chi connectivity index (χ0) is 20.3. The molecule has 0 atom stereocenters. The van der Waals surface area contributed by atoms with Crippen molar-refractivity contribution in [1.29, 1.82) is 0 Å². The molecular weight excluding hydrogens is 440 g/mol. The summed E-state index contributed by atoms with van der Waals surface area (Å²) in [5.41, 5.74) is 2.89. The number of pyridine rings is 2. The van der Waals surface area contributed by atoms with Gasteiger partial charge in [-0.15, -0.1) is 0 Å². The molecule has 144 valence electrons. The number of nitrogens with zero attached hydrogens (tertiary/aromatic N) is 3. The van der Waals surface area contributed by atoms with Crippen molar-refractivity contribution in [3.8, 4) is 0 Å². The normalized spacial score (nSPS) is 10.8. The van der Waals surface area contributed by atoms with Gasteiger partial charge in [-0.3, -0.25) is 9.78 Å². The molecule has 2 aromatic heterocycles. The highest BCUT2D eigenvalue weighted by Gasteiger charge is 2.25. The first-order valence-electron chi connectivity index (χ1n) is 8.31. The molecule has 3 aromatic rings.